The Balaban J connectivity index is 1.74. The van der Waals surface area contributed by atoms with E-state index in [1.807, 2.05) is 12.1 Å². The van der Waals surface area contributed by atoms with Crippen LogP contribution in [0.5, 0.6) is 5.75 Å². The minimum absolute atomic E-state index is 0.592. The lowest BCUT2D eigenvalue weighted by Crippen LogP contribution is -1.98. The molecule has 2 unspecified atom stereocenters. The second kappa shape index (κ2) is 3.99. The van der Waals surface area contributed by atoms with Crippen LogP contribution in [0.1, 0.15) is 34.9 Å². The Labute approximate surface area is 113 Å². The van der Waals surface area contributed by atoms with Crippen molar-refractivity contribution in [2.75, 3.05) is 7.11 Å². The van der Waals surface area contributed by atoms with E-state index in [0.29, 0.717) is 11.8 Å². The van der Waals surface area contributed by atoms with Crippen LogP contribution in [0.25, 0.3) is 5.57 Å². The van der Waals surface area contributed by atoms with Crippen LogP contribution < -0.4 is 4.74 Å². The Kier molecular flexibility index (Phi) is 2.28. The summed E-state index contributed by atoms with van der Waals surface area (Å²) in [6, 6.07) is 17.3. The van der Waals surface area contributed by atoms with Crippen molar-refractivity contribution in [2.24, 2.45) is 0 Å². The monoisotopic (exact) mass is 248 g/mol. The number of benzene rings is 2. The number of hydrogen-bond acceptors (Lipinski definition) is 1. The van der Waals surface area contributed by atoms with Gasteiger partial charge in [-0.2, -0.15) is 0 Å². The van der Waals surface area contributed by atoms with E-state index < -0.39 is 0 Å². The van der Waals surface area contributed by atoms with Gasteiger partial charge in [0.2, 0.25) is 0 Å². The maximum absolute atomic E-state index is 5.23. The van der Waals surface area contributed by atoms with E-state index >= 15 is 0 Å². The van der Waals surface area contributed by atoms with E-state index in [9.17, 15) is 0 Å². The molecule has 0 N–H and O–H groups in total. The second-order valence-corrected chi connectivity index (χ2v) is 5.37. The van der Waals surface area contributed by atoms with Crippen LogP contribution in [0.3, 0.4) is 0 Å². The lowest BCUT2D eigenvalue weighted by Gasteiger charge is -2.17. The Hall–Kier alpha value is -2.02. The fourth-order valence-corrected chi connectivity index (χ4v) is 3.54. The summed E-state index contributed by atoms with van der Waals surface area (Å²) in [6.45, 7) is 0. The summed E-state index contributed by atoms with van der Waals surface area (Å²) in [5.41, 5.74) is 5.89. The highest BCUT2D eigenvalue weighted by Gasteiger charge is 2.37. The first-order valence-electron chi connectivity index (χ1n) is 6.82. The molecule has 0 aromatic heterocycles. The largest absolute Gasteiger partial charge is 0.497 e. The summed E-state index contributed by atoms with van der Waals surface area (Å²) in [4.78, 5) is 0. The Morgan fingerprint density at radius 2 is 1.68 bits per heavy atom. The first kappa shape index (κ1) is 10.9. The molecule has 0 amide bonds. The molecule has 0 heterocycles. The zero-order chi connectivity index (χ0) is 12.8. The fourth-order valence-electron chi connectivity index (χ4n) is 3.54. The average Bonchev–Trinajstić information content (AvgIpc) is 3.07. The zero-order valence-corrected chi connectivity index (χ0v) is 11.0. The molecule has 0 saturated heterocycles. The van der Waals surface area contributed by atoms with E-state index in [-0.39, 0.29) is 0 Å². The molecule has 0 fully saturated rings. The topological polar surface area (TPSA) is 9.23 Å². The van der Waals surface area contributed by atoms with E-state index in [2.05, 4.69) is 42.5 Å². The smallest absolute Gasteiger partial charge is 0.118 e. The summed E-state index contributed by atoms with van der Waals surface area (Å²) in [7, 11) is 1.71. The molecule has 2 atom stereocenters. The Bertz CT molecular complexity index is 652. The molecular formula is C18H16O. The number of hydrogen-bond donors (Lipinski definition) is 0. The van der Waals surface area contributed by atoms with Crippen molar-refractivity contribution in [2.45, 2.75) is 18.3 Å². The number of ether oxygens (including phenoxy) is 1. The van der Waals surface area contributed by atoms with Crippen molar-refractivity contribution in [3.63, 3.8) is 0 Å². The van der Waals surface area contributed by atoms with Crippen LogP contribution in [0.2, 0.25) is 0 Å². The zero-order valence-electron chi connectivity index (χ0n) is 11.0. The minimum Gasteiger partial charge on any atom is -0.497 e. The maximum Gasteiger partial charge on any atom is 0.118 e. The van der Waals surface area contributed by atoms with Crippen molar-refractivity contribution in [1.82, 2.24) is 0 Å². The van der Waals surface area contributed by atoms with Crippen LogP contribution in [-0.2, 0) is 0 Å². The molecule has 0 spiro atoms. The predicted molar refractivity (Wildman–Crippen MR) is 77.5 cm³/mol. The van der Waals surface area contributed by atoms with Gasteiger partial charge in [0.25, 0.3) is 0 Å². The van der Waals surface area contributed by atoms with Crippen LogP contribution in [0.4, 0.5) is 0 Å². The molecule has 4 rings (SSSR count). The molecule has 94 valence electrons. The number of fused-ring (bicyclic) bond motifs is 5. The predicted octanol–water partition coefficient (Wildman–Crippen LogP) is 4.36. The standard InChI is InChI=1S/C18H16O/c1-19-14-8-6-12(7-9-14)17-10-13-11-18(17)16-5-3-2-4-15(13)16/h2-10,13,18H,11H2,1H3. The SMILES string of the molecule is COc1ccc(C2=CC3CC2c2ccccc23)cc1. The van der Waals surface area contributed by atoms with Gasteiger partial charge < -0.3 is 4.74 Å². The lowest BCUT2D eigenvalue weighted by atomic mass is 9.87. The van der Waals surface area contributed by atoms with Crippen molar-refractivity contribution in [3.8, 4) is 5.75 Å². The van der Waals surface area contributed by atoms with Crippen LogP contribution in [0.15, 0.2) is 54.6 Å². The first-order valence-corrected chi connectivity index (χ1v) is 6.82. The molecule has 2 bridgehead atoms. The highest BCUT2D eigenvalue weighted by molar-refractivity contribution is 5.79. The molecule has 2 aliphatic carbocycles. The molecule has 0 aliphatic heterocycles. The summed E-state index contributed by atoms with van der Waals surface area (Å²) in [6.07, 6.45) is 3.70. The van der Waals surface area contributed by atoms with E-state index in [4.69, 9.17) is 4.74 Å². The number of rotatable bonds is 2. The van der Waals surface area contributed by atoms with Crippen molar-refractivity contribution < 1.29 is 4.74 Å². The number of allylic oxidation sites excluding steroid dienone is 2. The van der Waals surface area contributed by atoms with Gasteiger partial charge in [0.1, 0.15) is 5.75 Å². The number of methoxy groups -OCH3 is 1. The van der Waals surface area contributed by atoms with Crippen molar-refractivity contribution >= 4 is 5.57 Å². The molecule has 2 aromatic rings. The van der Waals surface area contributed by atoms with Gasteiger partial charge in [0.05, 0.1) is 7.11 Å². The molecule has 2 aliphatic rings. The Morgan fingerprint density at radius 3 is 2.42 bits per heavy atom. The molecular weight excluding hydrogens is 232 g/mol. The third-order valence-electron chi connectivity index (χ3n) is 4.44. The summed E-state index contributed by atoms with van der Waals surface area (Å²) >= 11 is 0. The van der Waals surface area contributed by atoms with Crippen LogP contribution in [0, 0.1) is 0 Å². The van der Waals surface area contributed by atoms with Crippen LogP contribution in [-0.4, -0.2) is 7.11 Å². The molecule has 1 nitrogen and oxygen atoms in total. The van der Waals surface area contributed by atoms with Gasteiger partial charge in [-0.3, -0.25) is 0 Å². The Morgan fingerprint density at radius 1 is 0.947 bits per heavy atom. The van der Waals surface area contributed by atoms with E-state index in [0.717, 1.165) is 5.75 Å². The quantitative estimate of drug-likeness (QED) is 0.767. The van der Waals surface area contributed by atoms with Gasteiger partial charge >= 0.3 is 0 Å². The van der Waals surface area contributed by atoms with E-state index in [1.54, 1.807) is 7.11 Å². The third kappa shape index (κ3) is 1.54. The highest BCUT2D eigenvalue weighted by Crippen LogP contribution is 2.55. The summed E-state index contributed by atoms with van der Waals surface area (Å²) in [5.74, 6) is 2.14. The fraction of sp³-hybridized carbons (Fsp3) is 0.222. The van der Waals surface area contributed by atoms with Gasteiger partial charge in [-0.1, -0.05) is 42.5 Å². The minimum atomic E-state index is 0.592. The van der Waals surface area contributed by atoms with Crippen molar-refractivity contribution in [3.05, 3.63) is 71.3 Å². The van der Waals surface area contributed by atoms with Gasteiger partial charge in [0.15, 0.2) is 0 Å². The normalized spacial score (nSPS) is 23.1. The third-order valence-corrected chi connectivity index (χ3v) is 4.44. The van der Waals surface area contributed by atoms with Gasteiger partial charge in [-0.05, 0) is 40.8 Å². The maximum atomic E-state index is 5.23. The van der Waals surface area contributed by atoms with Gasteiger partial charge in [0, 0.05) is 11.8 Å². The van der Waals surface area contributed by atoms with Gasteiger partial charge in [-0.15, -0.1) is 0 Å². The summed E-state index contributed by atoms with van der Waals surface area (Å²) in [5, 5.41) is 0. The van der Waals surface area contributed by atoms with Crippen molar-refractivity contribution in [1.29, 1.82) is 0 Å². The van der Waals surface area contributed by atoms with E-state index in [1.165, 1.54) is 28.7 Å². The highest BCUT2D eigenvalue weighted by atomic mass is 16.5. The second-order valence-electron chi connectivity index (χ2n) is 5.37. The van der Waals surface area contributed by atoms with Gasteiger partial charge in [-0.25, -0.2) is 0 Å². The molecule has 0 radical (unpaired) electrons. The molecule has 2 aromatic carbocycles. The lowest BCUT2D eigenvalue weighted by molar-refractivity contribution is 0.415. The molecule has 1 heteroatoms. The molecule has 19 heavy (non-hydrogen) atoms. The summed E-state index contributed by atoms with van der Waals surface area (Å²) < 4.78 is 5.23. The molecule has 0 saturated carbocycles. The first-order chi connectivity index (χ1) is 9.36. The van der Waals surface area contributed by atoms with Crippen LogP contribution >= 0.6 is 0 Å². The average molecular weight is 248 g/mol.